The fourth-order valence-corrected chi connectivity index (χ4v) is 1.89. The molecule has 0 aliphatic heterocycles. The average molecular weight is 201 g/mol. The smallest absolute Gasteiger partial charge is 0.320 e. The first-order chi connectivity index (χ1) is 6.63. The lowest BCUT2D eigenvalue weighted by Crippen LogP contribution is -2.44. The molecule has 14 heavy (non-hydrogen) atoms. The molecule has 0 radical (unpaired) electrons. The number of nitrogens with one attached hydrogen (secondary N) is 1. The summed E-state index contributed by atoms with van der Waals surface area (Å²) in [6, 6.07) is -0.172. The predicted octanol–water partition coefficient (Wildman–Crippen LogP) is 0.743. The molecule has 0 spiro atoms. The van der Waals surface area contributed by atoms with Gasteiger partial charge in [-0.2, -0.15) is 0 Å². The summed E-state index contributed by atoms with van der Waals surface area (Å²) in [7, 11) is 0. The average Bonchev–Trinajstić information content (AvgIpc) is 2.16. The van der Waals surface area contributed by atoms with E-state index in [1.54, 1.807) is 0 Å². The molecule has 4 heteroatoms. The number of carbonyl (C=O) groups is 1. The van der Waals surface area contributed by atoms with Gasteiger partial charge in [-0.1, -0.05) is 6.92 Å². The van der Waals surface area contributed by atoms with Gasteiger partial charge in [-0.05, 0) is 32.1 Å². The lowest BCUT2D eigenvalue weighted by molar-refractivity contribution is -0.139. The minimum absolute atomic E-state index is 0.182. The van der Waals surface area contributed by atoms with Crippen LogP contribution in [0.15, 0.2) is 0 Å². The van der Waals surface area contributed by atoms with Crippen LogP contribution in [0.25, 0.3) is 0 Å². The van der Waals surface area contributed by atoms with E-state index >= 15 is 0 Å². The predicted molar refractivity (Wildman–Crippen MR) is 53.1 cm³/mol. The summed E-state index contributed by atoms with van der Waals surface area (Å²) in [5.41, 5.74) is 0. The highest BCUT2D eigenvalue weighted by Gasteiger charge is 2.23. The normalized spacial score (nSPS) is 29.9. The van der Waals surface area contributed by atoms with Crippen molar-refractivity contribution in [3.8, 4) is 0 Å². The number of hydrogen-bond donors (Lipinski definition) is 3. The molecule has 3 N–H and O–H groups in total. The first kappa shape index (κ1) is 11.5. The molecule has 1 aliphatic rings. The molecule has 1 unspecified atom stereocenters. The summed E-state index contributed by atoms with van der Waals surface area (Å²) >= 11 is 0. The Morgan fingerprint density at radius 3 is 2.43 bits per heavy atom. The summed E-state index contributed by atoms with van der Waals surface area (Å²) in [6.45, 7) is 1.86. The van der Waals surface area contributed by atoms with E-state index in [0.29, 0.717) is 6.42 Å². The van der Waals surface area contributed by atoms with Gasteiger partial charge in [0.25, 0.3) is 0 Å². The van der Waals surface area contributed by atoms with Gasteiger partial charge in [0.05, 0.1) is 6.10 Å². The molecule has 1 saturated carbocycles. The molecule has 1 atom stereocenters. The topological polar surface area (TPSA) is 69.6 Å². The van der Waals surface area contributed by atoms with Gasteiger partial charge in [0, 0.05) is 6.04 Å². The lowest BCUT2D eigenvalue weighted by Gasteiger charge is -2.28. The third-order valence-corrected chi connectivity index (χ3v) is 2.84. The standard InChI is InChI=1S/C10H19NO3/c1-2-9(10(13)14)11-7-3-5-8(12)6-4-7/h7-9,11-12H,2-6H2,1H3,(H,13,14). The highest BCUT2D eigenvalue weighted by Crippen LogP contribution is 2.18. The van der Waals surface area contributed by atoms with Crippen LogP contribution < -0.4 is 5.32 Å². The molecule has 82 valence electrons. The van der Waals surface area contributed by atoms with Gasteiger partial charge in [0.1, 0.15) is 6.04 Å². The number of aliphatic hydroxyl groups is 1. The zero-order valence-electron chi connectivity index (χ0n) is 8.57. The van der Waals surface area contributed by atoms with E-state index in [-0.39, 0.29) is 12.1 Å². The maximum Gasteiger partial charge on any atom is 0.320 e. The van der Waals surface area contributed by atoms with Crippen LogP contribution in [0.2, 0.25) is 0 Å². The number of carboxylic acid groups (broad SMARTS) is 1. The van der Waals surface area contributed by atoms with E-state index in [1.165, 1.54) is 0 Å². The highest BCUT2D eigenvalue weighted by atomic mass is 16.4. The van der Waals surface area contributed by atoms with Gasteiger partial charge in [-0.3, -0.25) is 4.79 Å². The molecule has 1 fully saturated rings. The quantitative estimate of drug-likeness (QED) is 0.627. The molecule has 1 rings (SSSR count). The molecule has 0 aromatic heterocycles. The van der Waals surface area contributed by atoms with Gasteiger partial charge < -0.3 is 15.5 Å². The first-order valence-corrected chi connectivity index (χ1v) is 5.30. The van der Waals surface area contributed by atoms with Crippen molar-refractivity contribution in [2.75, 3.05) is 0 Å². The van der Waals surface area contributed by atoms with E-state index in [4.69, 9.17) is 5.11 Å². The fourth-order valence-electron chi connectivity index (χ4n) is 1.89. The van der Waals surface area contributed by atoms with E-state index in [1.807, 2.05) is 6.92 Å². The third-order valence-electron chi connectivity index (χ3n) is 2.84. The van der Waals surface area contributed by atoms with Crippen LogP contribution in [0.4, 0.5) is 0 Å². The van der Waals surface area contributed by atoms with Crippen LogP contribution in [-0.2, 0) is 4.79 Å². The van der Waals surface area contributed by atoms with Crippen LogP contribution in [-0.4, -0.2) is 34.4 Å². The Kier molecular flexibility index (Phi) is 4.35. The van der Waals surface area contributed by atoms with Crippen LogP contribution >= 0.6 is 0 Å². The second kappa shape index (κ2) is 5.32. The monoisotopic (exact) mass is 201 g/mol. The van der Waals surface area contributed by atoms with Crippen LogP contribution in [0, 0.1) is 0 Å². The summed E-state index contributed by atoms with van der Waals surface area (Å²) in [6.07, 6.45) is 3.75. The molecule has 0 heterocycles. The number of aliphatic carboxylic acids is 1. The number of rotatable bonds is 4. The highest BCUT2D eigenvalue weighted by molar-refractivity contribution is 5.73. The number of aliphatic hydroxyl groups excluding tert-OH is 1. The molecule has 0 saturated heterocycles. The summed E-state index contributed by atoms with van der Waals surface area (Å²) in [5.74, 6) is -0.779. The molecule has 0 aromatic rings. The Bertz CT molecular complexity index is 188. The zero-order valence-corrected chi connectivity index (χ0v) is 8.57. The third kappa shape index (κ3) is 3.27. The molecular weight excluding hydrogens is 182 g/mol. The Balaban J connectivity index is 2.32. The van der Waals surface area contributed by atoms with Crippen molar-refractivity contribution in [1.29, 1.82) is 0 Å². The number of carboxylic acids is 1. The van der Waals surface area contributed by atoms with Gasteiger partial charge in [-0.15, -0.1) is 0 Å². The zero-order chi connectivity index (χ0) is 10.6. The molecule has 0 amide bonds. The fraction of sp³-hybridized carbons (Fsp3) is 0.900. The van der Waals surface area contributed by atoms with Crippen molar-refractivity contribution in [2.24, 2.45) is 0 Å². The van der Waals surface area contributed by atoms with Gasteiger partial charge in [-0.25, -0.2) is 0 Å². The Labute approximate surface area is 84.3 Å². The van der Waals surface area contributed by atoms with E-state index < -0.39 is 12.0 Å². The lowest BCUT2D eigenvalue weighted by atomic mass is 9.92. The van der Waals surface area contributed by atoms with Gasteiger partial charge >= 0.3 is 5.97 Å². The largest absolute Gasteiger partial charge is 0.480 e. The van der Waals surface area contributed by atoms with Crippen molar-refractivity contribution in [3.05, 3.63) is 0 Å². The van der Waals surface area contributed by atoms with Crippen molar-refractivity contribution in [1.82, 2.24) is 5.32 Å². The Morgan fingerprint density at radius 2 is 2.00 bits per heavy atom. The molecule has 0 bridgehead atoms. The second-order valence-corrected chi connectivity index (χ2v) is 3.97. The number of hydrogen-bond acceptors (Lipinski definition) is 3. The van der Waals surface area contributed by atoms with E-state index in [9.17, 15) is 9.90 Å². The van der Waals surface area contributed by atoms with Crippen molar-refractivity contribution in [3.63, 3.8) is 0 Å². The van der Waals surface area contributed by atoms with Crippen molar-refractivity contribution >= 4 is 5.97 Å². The summed E-state index contributed by atoms with van der Waals surface area (Å²) in [4.78, 5) is 10.8. The van der Waals surface area contributed by atoms with E-state index in [2.05, 4.69) is 5.32 Å². The first-order valence-electron chi connectivity index (χ1n) is 5.30. The maximum atomic E-state index is 10.8. The molecular formula is C10H19NO3. The van der Waals surface area contributed by atoms with Crippen LogP contribution in [0.5, 0.6) is 0 Å². The minimum atomic E-state index is -0.779. The van der Waals surface area contributed by atoms with E-state index in [0.717, 1.165) is 25.7 Å². The molecule has 4 nitrogen and oxygen atoms in total. The summed E-state index contributed by atoms with van der Waals surface area (Å²) in [5, 5.41) is 21.2. The maximum absolute atomic E-state index is 10.8. The van der Waals surface area contributed by atoms with Gasteiger partial charge in [0.15, 0.2) is 0 Å². The van der Waals surface area contributed by atoms with Crippen LogP contribution in [0.1, 0.15) is 39.0 Å². The van der Waals surface area contributed by atoms with Gasteiger partial charge in [0.2, 0.25) is 0 Å². The van der Waals surface area contributed by atoms with Crippen molar-refractivity contribution in [2.45, 2.75) is 57.2 Å². The Hall–Kier alpha value is -0.610. The molecule has 1 aliphatic carbocycles. The van der Waals surface area contributed by atoms with Crippen molar-refractivity contribution < 1.29 is 15.0 Å². The molecule has 0 aromatic carbocycles. The second-order valence-electron chi connectivity index (χ2n) is 3.97. The minimum Gasteiger partial charge on any atom is -0.480 e. The Morgan fingerprint density at radius 1 is 1.43 bits per heavy atom. The summed E-state index contributed by atoms with van der Waals surface area (Å²) < 4.78 is 0. The SMILES string of the molecule is CCC(NC1CCC(O)CC1)C(=O)O. The van der Waals surface area contributed by atoms with Crippen LogP contribution in [0.3, 0.4) is 0 Å².